The first-order valence-electron chi connectivity index (χ1n) is 8.35. The molecule has 2 aromatic carbocycles. The molecule has 0 atom stereocenters. The van der Waals surface area contributed by atoms with E-state index >= 15 is 0 Å². The summed E-state index contributed by atoms with van der Waals surface area (Å²) in [6.07, 6.45) is 0. The SMILES string of the molecule is [C-]#[N+]c1c(C)c(N=Nc2ccc([N+](=O)[O-])cc2O)c(=O)n2c1[nH]c1ccccc12. The summed E-state index contributed by atoms with van der Waals surface area (Å²) in [6, 6.07) is 10.5. The minimum Gasteiger partial charge on any atom is -0.505 e. The van der Waals surface area contributed by atoms with Crippen LogP contribution in [0.1, 0.15) is 5.56 Å². The maximum Gasteiger partial charge on any atom is 0.282 e. The third-order valence-corrected chi connectivity index (χ3v) is 4.50. The number of nitro groups is 1. The van der Waals surface area contributed by atoms with E-state index in [2.05, 4.69) is 20.1 Å². The summed E-state index contributed by atoms with van der Waals surface area (Å²) < 4.78 is 1.36. The van der Waals surface area contributed by atoms with Crippen LogP contribution in [-0.4, -0.2) is 19.4 Å². The van der Waals surface area contributed by atoms with Crippen LogP contribution in [0.2, 0.25) is 0 Å². The van der Waals surface area contributed by atoms with Gasteiger partial charge < -0.3 is 10.1 Å². The van der Waals surface area contributed by atoms with E-state index in [1.165, 1.54) is 16.5 Å². The lowest BCUT2D eigenvalue weighted by Crippen LogP contribution is -2.13. The molecule has 0 unspecified atom stereocenters. The Morgan fingerprint density at radius 3 is 2.69 bits per heavy atom. The van der Waals surface area contributed by atoms with E-state index in [1.807, 2.05) is 6.07 Å². The standard InChI is InChI=1S/C19H12N6O4/c1-10-16(20-2)18-21-12-5-3-4-6-14(12)24(18)19(27)17(10)23-22-13-8-7-11(25(28)29)9-15(13)26/h3-9,21,26H,1H3. The molecule has 4 rings (SSSR count). The number of nitrogens with zero attached hydrogens (tertiary/aromatic N) is 5. The smallest absolute Gasteiger partial charge is 0.282 e. The molecule has 10 nitrogen and oxygen atoms in total. The Bertz CT molecular complexity index is 1440. The van der Waals surface area contributed by atoms with Crippen LogP contribution >= 0.6 is 0 Å². The first kappa shape index (κ1) is 17.9. The number of imidazole rings is 1. The molecular weight excluding hydrogens is 376 g/mol. The fourth-order valence-corrected chi connectivity index (χ4v) is 3.08. The molecule has 0 amide bonds. The summed E-state index contributed by atoms with van der Waals surface area (Å²) in [7, 11) is 0. The number of benzene rings is 2. The van der Waals surface area contributed by atoms with Crippen LogP contribution in [0.5, 0.6) is 5.75 Å². The number of fused-ring (bicyclic) bond motifs is 3. The number of para-hydroxylation sites is 2. The molecule has 10 heteroatoms. The topological polar surface area (TPSA) is 130 Å². The van der Waals surface area contributed by atoms with Gasteiger partial charge in [-0.15, -0.1) is 10.2 Å². The van der Waals surface area contributed by atoms with Crippen LogP contribution in [0.4, 0.5) is 22.7 Å². The van der Waals surface area contributed by atoms with Crippen molar-refractivity contribution < 1.29 is 10.0 Å². The Hall–Kier alpha value is -4.52. The third kappa shape index (κ3) is 2.78. The van der Waals surface area contributed by atoms with Gasteiger partial charge in [-0.3, -0.25) is 19.3 Å². The molecule has 2 aromatic heterocycles. The van der Waals surface area contributed by atoms with Crippen LogP contribution in [0.3, 0.4) is 0 Å². The number of phenols is 1. The van der Waals surface area contributed by atoms with E-state index in [4.69, 9.17) is 6.57 Å². The van der Waals surface area contributed by atoms with Crippen molar-refractivity contribution >= 4 is 39.4 Å². The minimum atomic E-state index is -0.649. The Labute approximate surface area is 162 Å². The highest BCUT2D eigenvalue weighted by atomic mass is 16.6. The van der Waals surface area contributed by atoms with Gasteiger partial charge in [-0.05, 0) is 30.7 Å². The highest BCUT2D eigenvalue weighted by molar-refractivity contribution is 5.88. The van der Waals surface area contributed by atoms with Crippen molar-refractivity contribution in [3.05, 3.63) is 79.9 Å². The third-order valence-electron chi connectivity index (χ3n) is 4.50. The van der Waals surface area contributed by atoms with Gasteiger partial charge in [-0.25, -0.2) is 4.85 Å². The number of nitro benzene ring substituents is 1. The fraction of sp³-hybridized carbons (Fsp3) is 0.0526. The molecule has 0 saturated carbocycles. The highest BCUT2D eigenvalue weighted by Crippen LogP contribution is 2.34. The van der Waals surface area contributed by atoms with Gasteiger partial charge in [0.25, 0.3) is 11.2 Å². The second-order valence-corrected chi connectivity index (χ2v) is 6.20. The first-order chi connectivity index (χ1) is 13.9. The Kier molecular flexibility index (Phi) is 4.05. The highest BCUT2D eigenvalue weighted by Gasteiger charge is 2.19. The molecule has 4 aromatic rings. The lowest BCUT2D eigenvalue weighted by Gasteiger charge is -2.05. The van der Waals surface area contributed by atoms with E-state index in [0.717, 1.165) is 6.07 Å². The average molecular weight is 388 g/mol. The molecule has 0 fully saturated rings. The number of aromatic nitrogens is 2. The lowest BCUT2D eigenvalue weighted by molar-refractivity contribution is -0.384. The normalized spacial score (nSPS) is 11.3. The van der Waals surface area contributed by atoms with E-state index in [1.54, 1.807) is 25.1 Å². The van der Waals surface area contributed by atoms with Gasteiger partial charge in [0.1, 0.15) is 22.8 Å². The minimum absolute atomic E-state index is 0.0391. The van der Waals surface area contributed by atoms with Crippen LogP contribution in [0, 0.1) is 23.6 Å². The van der Waals surface area contributed by atoms with Crippen molar-refractivity contribution in [1.29, 1.82) is 0 Å². The van der Waals surface area contributed by atoms with Gasteiger partial charge in [-0.1, -0.05) is 12.1 Å². The van der Waals surface area contributed by atoms with Crippen LogP contribution in [0.25, 0.3) is 21.5 Å². The Morgan fingerprint density at radius 2 is 2.00 bits per heavy atom. The van der Waals surface area contributed by atoms with Crippen molar-refractivity contribution in [3.63, 3.8) is 0 Å². The summed E-state index contributed by atoms with van der Waals surface area (Å²) >= 11 is 0. The molecular formula is C19H12N6O4. The van der Waals surface area contributed by atoms with E-state index in [-0.39, 0.29) is 22.7 Å². The largest absolute Gasteiger partial charge is 0.505 e. The Balaban J connectivity index is 1.94. The second-order valence-electron chi connectivity index (χ2n) is 6.20. The van der Waals surface area contributed by atoms with E-state index in [9.17, 15) is 20.0 Å². The van der Waals surface area contributed by atoms with E-state index in [0.29, 0.717) is 22.2 Å². The predicted molar refractivity (Wildman–Crippen MR) is 105 cm³/mol. The summed E-state index contributed by atoms with van der Waals surface area (Å²) in [6.45, 7) is 9.10. The molecule has 0 bridgehead atoms. The molecule has 0 aliphatic rings. The maximum absolute atomic E-state index is 13.1. The molecule has 0 radical (unpaired) electrons. The molecule has 0 saturated heterocycles. The first-order valence-corrected chi connectivity index (χ1v) is 8.35. The van der Waals surface area contributed by atoms with Crippen LogP contribution in [-0.2, 0) is 0 Å². The molecule has 2 heterocycles. The number of phenolic OH excluding ortho intramolecular Hbond substituents is 1. The number of aromatic amines is 1. The zero-order valence-corrected chi connectivity index (χ0v) is 14.9. The second kappa shape index (κ2) is 6.58. The number of rotatable bonds is 3. The summed E-state index contributed by atoms with van der Waals surface area (Å²) in [5.41, 5.74) is 1.33. The predicted octanol–water partition coefficient (Wildman–Crippen LogP) is 4.67. The van der Waals surface area contributed by atoms with Crippen LogP contribution < -0.4 is 5.56 Å². The number of non-ortho nitro benzene ring substituents is 1. The van der Waals surface area contributed by atoms with Crippen molar-refractivity contribution in [2.75, 3.05) is 0 Å². The zero-order chi connectivity index (χ0) is 20.7. The zero-order valence-electron chi connectivity index (χ0n) is 14.9. The summed E-state index contributed by atoms with van der Waals surface area (Å²) in [4.78, 5) is 29.8. The van der Waals surface area contributed by atoms with Crippen molar-refractivity contribution in [1.82, 2.24) is 9.38 Å². The van der Waals surface area contributed by atoms with Gasteiger partial charge in [-0.2, -0.15) is 0 Å². The summed E-state index contributed by atoms with van der Waals surface area (Å²) in [5.74, 6) is -0.445. The van der Waals surface area contributed by atoms with Gasteiger partial charge >= 0.3 is 0 Å². The number of hydrogen-bond donors (Lipinski definition) is 2. The maximum atomic E-state index is 13.1. The molecule has 0 aliphatic carbocycles. The molecule has 142 valence electrons. The molecule has 2 N–H and O–H groups in total. The quantitative estimate of drug-likeness (QED) is 0.229. The van der Waals surface area contributed by atoms with E-state index < -0.39 is 16.2 Å². The Morgan fingerprint density at radius 1 is 1.24 bits per heavy atom. The fourth-order valence-electron chi connectivity index (χ4n) is 3.08. The molecule has 0 spiro atoms. The number of azo groups is 1. The number of pyridine rings is 1. The van der Waals surface area contributed by atoms with Gasteiger partial charge in [0.05, 0.1) is 28.6 Å². The number of aromatic hydroxyl groups is 1. The molecule has 29 heavy (non-hydrogen) atoms. The number of H-pyrrole nitrogens is 1. The van der Waals surface area contributed by atoms with Gasteiger partial charge in [0.15, 0.2) is 0 Å². The average Bonchev–Trinajstić information content (AvgIpc) is 3.08. The van der Waals surface area contributed by atoms with Gasteiger partial charge in [0, 0.05) is 6.07 Å². The monoisotopic (exact) mass is 388 g/mol. The molecule has 0 aliphatic heterocycles. The van der Waals surface area contributed by atoms with Crippen molar-refractivity contribution in [2.45, 2.75) is 6.92 Å². The number of nitrogens with one attached hydrogen (secondary N) is 1. The van der Waals surface area contributed by atoms with Crippen LogP contribution in [0.15, 0.2) is 57.5 Å². The van der Waals surface area contributed by atoms with Crippen molar-refractivity contribution in [2.24, 2.45) is 10.2 Å². The summed E-state index contributed by atoms with van der Waals surface area (Å²) in [5, 5.41) is 28.5. The lowest BCUT2D eigenvalue weighted by atomic mass is 10.2. The van der Waals surface area contributed by atoms with Crippen molar-refractivity contribution in [3.8, 4) is 5.75 Å². The van der Waals surface area contributed by atoms with Gasteiger partial charge in [0.2, 0.25) is 5.69 Å². The number of hydrogen-bond acceptors (Lipinski definition) is 6.